The second-order valence-electron chi connectivity index (χ2n) is 14.5. The van der Waals surface area contributed by atoms with E-state index >= 15 is 0 Å². The molecule has 0 amide bonds. The van der Waals surface area contributed by atoms with Gasteiger partial charge in [0.15, 0.2) is 0 Å². The first-order valence-electron chi connectivity index (χ1n) is 15.0. The van der Waals surface area contributed by atoms with Crippen LogP contribution in [0.3, 0.4) is 0 Å². The third kappa shape index (κ3) is 8.28. The number of ether oxygens (including phenoxy) is 2. The van der Waals surface area contributed by atoms with E-state index in [0.29, 0.717) is 27.9 Å². The summed E-state index contributed by atoms with van der Waals surface area (Å²) in [6, 6.07) is 9.75. The fourth-order valence-corrected chi connectivity index (χ4v) is 11.7. The molecule has 6 heteroatoms. The van der Waals surface area contributed by atoms with Crippen molar-refractivity contribution in [3.8, 4) is 17.2 Å². The summed E-state index contributed by atoms with van der Waals surface area (Å²) in [4.78, 5) is 27.6. The molecule has 42 heavy (non-hydrogen) atoms. The monoisotopic (exact) mass is 702 g/mol. The molecule has 4 nitrogen and oxygen atoms in total. The number of halogens is 1. The van der Waals surface area contributed by atoms with E-state index in [9.17, 15) is 9.59 Å². The van der Waals surface area contributed by atoms with E-state index in [1.165, 1.54) is 0 Å². The van der Waals surface area contributed by atoms with Crippen LogP contribution >= 0.6 is 22.6 Å². The lowest BCUT2D eigenvalue weighted by molar-refractivity contribution is -0.141. The van der Waals surface area contributed by atoms with Crippen LogP contribution < -0.4 is 4.74 Å². The molecule has 2 aromatic rings. The van der Waals surface area contributed by atoms with Crippen LogP contribution in [0.5, 0.6) is 5.75 Å². The van der Waals surface area contributed by atoms with E-state index in [1.807, 2.05) is 19.1 Å². The molecule has 230 valence electrons. The molecule has 0 unspecified atom stereocenters. The first-order valence-corrected chi connectivity index (χ1v) is 18.3. The van der Waals surface area contributed by atoms with Crippen LogP contribution in [0.2, 0.25) is 16.6 Å². The van der Waals surface area contributed by atoms with Crippen LogP contribution in [0, 0.1) is 28.9 Å². The van der Waals surface area contributed by atoms with Crippen LogP contribution in [-0.2, 0) is 20.4 Å². The van der Waals surface area contributed by atoms with E-state index in [4.69, 9.17) is 9.47 Å². The first-order chi connectivity index (χ1) is 19.1. The minimum atomic E-state index is -2.23. The van der Waals surface area contributed by atoms with E-state index in [1.54, 1.807) is 6.07 Å². The maximum Gasteiger partial charge on any atom is 0.365 e. The number of carbonyl (C=O) groups excluding carboxylic acids is 2. The Morgan fingerprint density at radius 2 is 1.26 bits per heavy atom. The van der Waals surface area contributed by atoms with Crippen LogP contribution in [0.1, 0.15) is 116 Å². The molecule has 0 saturated heterocycles. The number of hydrogen-bond acceptors (Lipinski definition) is 4. The Morgan fingerprint density at radius 1 is 0.786 bits per heavy atom. The molecule has 0 aliphatic heterocycles. The lowest BCUT2D eigenvalue weighted by atomic mass is 9.78. The number of aryl methyl sites for hydroxylation is 2. The van der Waals surface area contributed by atoms with Gasteiger partial charge in [-0.2, -0.15) is 0 Å². The maximum absolute atomic E-state index is 14.1. The van der Waals surface area contributed by atoms with Gasteiger partial charge in [0.1, 0.15) is 13.8 Å². The number of benzene rings is 2. The van der Waals surface area contributed by atoms with Gasteiger partial charge in [-0.05, 0) is 76.0 Å². The smallest absolute Gasteiger partial charge is 0.365 e. The lowest BCUT2D eigenvalue weighted by Crippen LogP contribution is -2.44. The molecule has 0 aliphatic carbocycles. The molecular weight excluding hydrogens is 651 g/mol. The highest BCUT2D eigenvalue weighted by Gasteiger charge is 2.42. The molecule has 2 rings (SSSR count). The SMILES string of the molecule is Cc1ccc(I)c(C(=O)O[C@H](C#C[Si](C(C)C)(C(C)C)C(C)C)C(=O)Oc2c(C(C)(C)C)cc(C)cc2C(C)(C)C)c1. The van der Waals surface area contributed by atoms with E-state index < -0.39 is 26.1 Å². The predicted molar refractivity (Wildman–Crippen MR) is 186 cm³/mol. The molecule has 0 aliphatic rings. The molecular formula is C36H51IO4Si. The normalized spacial score (nSPS) is 13.2. The van der Waals surface area contributed by atoms with Crippen LogP contribution in [-0.4, -0.2) is 26.1 Å². The third-order valence-corrected chi connectivity index (χ3v) is 15.4. The Bertz CT molecular complexity index is 1310. The van der Waals surface area contributed by atoms with Crippen molar-refractivity contribution in [2.75, 3.05) is 0 Å². The fourth-order valence-electron chi connectivity index (χ4n) is 5.88. The van der Waals surface area contributed by atoms with Crippen LogP contribution in [0.25, 0.3) is 0 Å². The molecule has 0 radical (unpaired) electrons. The van der Waals surface area contributed by atoms with Gasteiger partial charge in [0.05, 0.1) is 5.56 Å². The molecule has 0 heterocycles. The minimum absolute atomic E-state index is 0.286. The van der Waals surface area contributed by atoms with E-state index in [-0.39, 0.29) is 10.8 Å². The zero-order valence-electron chi connectivity index (χ0n) is 28.2. The zero-order valence-corrected chi connectivity index (χ0v) is 31.4. The minimum Gasteiger partial charge on any atom is -0.433 e. The van der Waals surface area contributed by atoms with Gasteiger partial charge < -0.3 is 9.47 Å². The molecule has 0 spiro atoms. The second kappa shape index (κ2) is 13.7. The summed E-state index contributed by atoms with van der Waals surface area (Å²) < 4.78 is 13.0. The van der Waals surface area contributed by atoms with E-state index in [0.717, 1.165) is 25.8 Å². The van der Waals surface area contributed by atoms with Crippen molar-refractivity contribution < 1.29 is 19.1 Å². The van der Waals surface area contributed by atoms with Crippen molar-refractivity contribution in [3.05, 3.63) is 61.7 Å². The summed E-state index contributed by atoms with van der Waals surface area (Å²) in [7, 11) is -2.23. The first kappa shape index (κ1) is 36.1. The van der Waals surface area contributed by atoms with Crippen LogP contribution in [0.15, 0.2) is 30.3 Å². The van der Waals surface area contributed by atoms with Crippen molar-refractivity contribution in [1.29, 1.82) is 0 Å². The summed E-state index contributed by atoms with van der Waals surface area (Å²) in [5.74, 6) is 2.45. The van der Waals surface area contributed by atoms with Gasteiger partial charge in [-0.1, -0.05) is 118 Å². The van der Waals surface area contributed by atoms with Crippen molar-refractivity contribution in [1.82, 2.24) is 0 Å². The number of rotatable bonds is 7. The van der Waals surface area contributed by atoms with Gasteiger partial charge in [0.2, 0.25) is 0 Å². The largest absolute Gasteiger partial charge is 0.433 e. The van der Waals surface area contributed by atoms with Gasteiger partial charge in [-0.3, -0.25) is 0 Å². The summed E-state index contributed by atoms with van der Waals surface area (Å²) in [5.41, 5.74) is 8.39. The molecule has 0 aromatic heterocycles. The van der Waals surface area contributed by atoms with Crippen molar-refractivity contribution >= 4 is 42.6 Å². The molecule has 0 bridgehead atoms. The Labute approximate surface area is 269 Å². The second-order valence-corrected chi connectivity index (χ2v) is 21.3. The van der Waals surface area contributed by atoms with Gasteiger partial charge in [-0.25, -0.2) is 9.59 Å². The maximum atomic E-state index is 14.1. The average molecular weight is 703 g/mol. The summed E-state index contributed by atoms with van der Waals surface area (Å²) in [6.07, 6.45) is -1.36. The average Bonchev–Trinajstić information content (AvgIpc) is 2.83. The quantitative estimate of drug-likeness (QED) is 0.0948. The highest BCUT2D eigenvalue weighted by Crippen LogP contribution is 2.42. The molecule has 0 fully saturated rings. The van der Waals surface area contributed by atoms with Gasteiger partial charge in [0, 0.05) is 14.7 Å². The molecule has 1 atom stereocenters. The fraction of sp³-hybridized carbons (Fsp3) is 0.556. The Kier molecular flexibility index (Phi) is 11.7. The topological polar surface area (TPSA) is 52.6 Å². The van der Waals surface area contributed by atoms with E-state index in [2.05, 4.69) is 136 Å². The highest BCUT2D eigenvalue weighted by molar-refractivity contribution is 14.1. The third-order valence-electron chi connectivity index (χ3n) is 8.12. The van der Waals surface area contributed by atoms with Crippen molar-refractivity contribution in [2.24, 2.45) is 0 Å². The van der Waals surface area contributed by atoms with Gasteiger partial charge >= 0.3 is 11.9 Å². The van der Waals surface area contributed by atoms with Gasteiger partial charge in [0.25, 0.3) is 6.10 Å². The van der Waals surface area contributed by atoms with Crippen molar-refractivity contribution in [2.45, 2.75) is 130 Å². The molecule has 0 saturated carbocycles. The zero-order chi connectivity index (χ0) is 32.4. The summed E-state index contributed by atoms with van der Waals surface area (Å²) >= 11 is 2.12. The predicted octanol–water partition coefficient (Wildman–Crippen LogP) is 9.86. The van der Waals surface area contributed by atoms with Crippen molar-refractivity contribution in [3.63, 3.8) is 0 Å². The highest BCUT2D eigenvalue weighted by atomic mass is 127. The summed E-state index contributed by atoms with van der Waals surface area (Å²) in [6.45, 7) is 29.9. The Balaban J connectivity index is 2.76. The molecule has 2 aromatic carbocycles. The summed E-state index contributed by atoms with van der Waals surface area (Å²) in [5, 5.41) is 0. The Morgan fingerprint density at radius 3 is 1.69 bits per heavy atom. The standard InChI is InChI=1S/C36H51IO4Si/c1-22(2)42(23(3)4,24(5)6)18-17-31(40-33(38)27-19-25(7)15-16-30(27)37)34(39)41-32-28(35(9,10)11)20-26(8)21-29(32)36(12,13)14/h15-16,19-24,31H,1-14H3/t31-/m1/s1. The molecule has 0 N–H and O–H groups in total. The Hall–Kier alpha value is -2.11. The van der Waals surface area contributed by atoms with Crippen LogP contribution in [0.4, 0.5) is 0 Å². The van der Waals surface area contributed by atoms with Gasteiger partial charge in [-0.15, -0.1) is 5.54 Å². The lowest BCUT2D eigenvalue weighted by Gasteiger charge is -2.38. The number of esters is 2. The number of hydrogen-bond donors (Lipinski definition) is 0. The number of carbonyl (C=O) groups is 2.